The molecule has 1 aromatic carbocycles. The molecule has 6 heteroatoms. The Balaban J connectivity index is 0.000000847. The average Bonchev–Trinajstić information content (AvgIpc) is 3.00. The predicted molar refractivity (Wildman–Crippen MR) is 94.6 cm³/mol. The molecule has 0 aliphatic rings. The zero-order valence-corrected chi connectivity index (χ0v) is 14.4. The van der Waals surface area contributed by atoms with Crippen LogP contribution in [0, 0.1) is 0 Å². The molecule has 22 heavy (non-hydrogen) atoms. The van der Waals surface area contributed by atoms with Crippen LogP contribution in [-0.2, 0) is 0 Å². The van der Waals surface area contributed by atoms with Crippen LogP contribution in [0.5, 0.6) is 0 Å². The van der Waals surface area contributed by atoms with Gasteiger partial charge in [-0.3, -0.25) is 5.10 Å². The van der Waals surface area contributed by atoms with Crippen LogP contribution in [-0.4, -0.2) is 40.5 Å². The number of benzene rings is 1. The number of hydrogen-bond donors (Lipinski definition) is 1. The minimum Gasteiger partial charge on any atom is -0.362 e. The molecule has 2 aromatic heterocycles. The van der Waals surface area contributed by atoms with Crippen molar-refractivity contribution in [2.45, 2.75) is 19.0 Å². The standard InChI is InChI=1S/C14H15N5S.C2H6/c1-19(2)13-10-11(9-7-5-4-6-8-9)17-18-12(10)15-14(16-13)20-3;1-2/h4-8H,1-3H3,(H,15,16,17,18);1-2H3. The van der Waals surface area contributed by atoms with Crippen molar-refractivity contribution >= 4 is 28.6 Å². The first-order chi connectivity index (χ1) is 10.7. The number of aromatic amines is 1. The number of rotatable bonds is 3. The van der Waals surface area contributed by atoms with Crippen molar-refractivity contribution in [1.29, 1.82) is 0 Å². The summed E-state index contributed by atoms with van der Waals surface area (Å²) in [4.78, 5) is 11.1. The number of aromatic nitrogens is 4. The Hall–Kier alpha value is -2.08. The molecule has 2 heterocycles. The van der Waals surface area contributed by atoms with E-state index >= 15 is 0 Å². The highest BCUT2D eigenvalue weighted by molar-refractivity contribution is 7.98. The number of fused-ring (bicyclic) bond motifs is 1. The van der Waals surface area contributed by atoms with Crippen LogP contribution in [0.4, 0.5) is 5.82 Å². The zero-order valence-electron chi connectivity index (χ0n) is 13.6. The molecule has 0 radical (unpaired) electrons. The van der Waals surface area contributed by atoms with Crippen molar-refractivity contribution in [2.24, 2.45) is 0 Å². The normalized spacial score (nSPS) is 10.2. The van der Waals surface area contributed by atoms with E-state index in [0.717, 1.165) is 27.6 Å². The lowest BCUT2D eigenvalue weighted by Gasteiger charge is -2.13. The molecule has 3 rings (SSSR count). The van der Waals surface area contributed by atoms with Crippen LogP contribution >= 0.6 is 11.8 Å². The van der Waals surface area contributed by atoms with Gasteiger partial charge in [0, 0.05) is 19.7 Å². The monoisotopic (exact) mass is 315 g/mol. The maximum atomic E-state index is 4.60. The summed E-state index contributed by atoms with van der Waals surface area (Å²) in [5.41, 5.74) is 2.74. The van der Waals surface area contributed by atoms with Gasteiger partial charge in [0.05, 0.1) is 11.1 Å². The van der Waals surface area contributed by atoms with Gasteiger partial charge in [0.1, 0.15) is 5.82 Å². The molecular weight excluding hydrogens is 294 g/mol. The lowest BCUT2D eigenvalue weighted by atomic mass is 10.1. The van der Waals surface area contributed by atoms with Crippen molar-refractivity contribution < 1.29 is 0 Å². The van der Waals surface area contributed by atoms with E-state index in [1.807, 2.05) is 57.3 Å². The summed E-state index contributed by atoms with van der Waals surface area (Å²) in [6.07, 6.45) is 1.96. The summed E-state index contributed by atoms with van der Waals surface area (Å²) in [7, 11) is 3.96. The third-order valence-corrected chi connectivity index (χ3v) is 3.59. The molecule has 0 spiro atoms. The van der Waals surface area contributed by atoms with Gasteiger partial charge >= 0.3 is 0 Å². The summed E-state index contributed by atoms with van der Waals surface area (Å²) in [5, 5.41) is 9.11. The SMILES string of the molecule is CC.CSc1nc(N(C)C)c2c(-c3ccccc3)[nH]nc2n1. The van der Waals surface area contributed by atoms with Gasteiger partial charge in [0.15, 0.2) is 10.8 Å². The van der Waals surface area contributed by atoms with Gasteiger partial charge in [0.25, 0.3) is 0 Å². The van der Waals surface area contributed by atoms with Gasteiger partial charge < -0.3 is 4.90 Å². The fourth-order valence-corrected chi connectivity index (χ4v) is 2.47. The number of nitrogens with zero attached hydrogens (tertiary/aromatic N) is 4. The molecule has 1 N–H and O–H groups in total. The molecular formula is C16H21N5S. The van der Waals surface area contributed by atoms with Crippen LogP contribution in [0.2, 0.25) is 0 Å². The first-order valence-electron chi connectivity index (χ1n) is 7.23. The highest BCUT2D eigenvalue weighted by atomic mass is 32.2. The summed E-state index contributed by atoms with van der Waals surface area (Å²) in [6.45, 7) is 4.00. The topological polar surface area (TPSA) is 57.7 Å². The third-order valence-electron chi connectivity index (χ3n) is 3.04. The van der Waals surface area contributed by atoms with Crippen molar-refractivity contribution in [3.8, 4) is 11.3 Å². The lowest BCUT2D eigenvalue weighted by Crippen LogP contribution is -2.12. The predicted octanol–water partition coefficient (Wildman–Crippen LogP) is 3.83. The minimum absolute atomic E-state index is 0.701. The largest absolute Gasteiger partial charge is 0.362 e. The van der Waals surface area contributed by atoms with Crippen LogP contribution in [0.3, 0.4) is 0 Å². The van der Waals surface area contributed by atoms with Crippen LogP contribution < -0.4 is 4.90 Å². The van der Waals surface area contributed by atoms with Gasteiger partial charge in [-0.2, -0.15) is 5.10 Å². The number of anilines is 1. The molecule has 5 nitrogen and oxygen atoms in total. The minimum atomic E-state index is 0.701. The Morgan fingerprint density at radius 1 is 1.05 bits per heavy atom. The van der Waals surface area contributed by atoms with E-state index in [2.05, 4.69) is 32.3 Å². The Morgan fingerprint density at radius 3 is 2.32 bits per heavy atom. The van der Waals surface area contributed by atoms with Gasteiger partial charge in [-0.25, -0.2) is 9.97 Å². The van der Waals surface area contributed by atoms with Gasteiger partial charge in [-0.05, 0) is 6.26 Å². The first-order valence-corrected chi connectivity index (χ1v) is 8.46. The smallest absolute Gasteiger partial charge is 0.191 e. The molecule has 0 bridgehead atoms. The Kier molecular flexibility index (Phi) is 5.38. The molecule has 0 unspecified atom stereocenters. The van der Waals surface area contributed by atoms with Gasteiger partial charge in [0.2, 0.25) is 0 Å². The van der Waals surface area contributed by atoms with E-state index in [9.17, 15) is 0 Å². The second-order valence-corrected chi connectivity index (χ2v) is 5.36. The van der Waals surface area contributed by atoms with Crippen molar-refractivity contribution in [3.63, 3.8) is 0 Å². The molecule has 3 aromatic rings. The van der Waals surface area contributed by atoms with E-state index in [1.165, 1.54) is 11.8 Å². The fraction of sp³-hybridized carbons (Fsp3) is 0.312. The van der Waals surface area contributed by atoms with Crippen LogP contribution in [0.1, 0.15) is 13.8 Å². The maximum Gasteiger partial charge on any atom is 0.191 e. The molecule has 0 saturated carbocycles. The molecule has 0 fully saturated rings. The van der Waals surface area contributed by atoms with E-state index in [4.69, 9.17) is 0 Å². The Labute approximate surface area is 135 Å². The number of nitrogens with one attached hydrogen (secondary N) is 1. The Bertz CT molecular complexity index is 737. The van der Waals surface area contributed by atoms with E-state index in [-0.39, 0.29) is 0 Å². The molecule has 0 aliphatic carbocycles. The van der Waals surface area contributed by atoms with E-state index in [1.54, 1.807) is 0 Å². The van der Waals surface area contributed by atoms with Crippen LogP contribution in [0.25, 0.3) is 22.3 Å². The van der Waals surface area contributed by atoms with Crippen molar-refractivity contribution in [2.75, 3.05) is 25.3 Å². The number of H-pyrrole nitrogens is 1. The van der Waals surface area contributed by atoms with E-state index < -0.39 is 0 Å². The second kappa shape index (κ2) is 7.26. The van der Waals surface area contributed by atoms with Crippen molar-refractivity contribution in [1.82, 2.24) is 20.2 Å². The van der Waals surface area contributed by atoms with Gasteiger partial charge in [-0.1, -0.05) is 55.9 Å². The van der Waals surface area contributed by atoms with E-state index in [0.29, 0.717) is 5.65 Å². The molecule has 0 saturated heterocycles. The maximum absolute atomic E-state index is 4.60. The molecule has 116 valence electrons. The fourth-order valence-electron chi connectivity index (χ4n) is 2.12. The second-order valence-electron chi connectivity index (χ2n) is 4.59. The quantitative estimate of drug-likeness (QED) is 0.588. The highest BCUT2D eigenvalue weighted by Crippen LogP contribution is 2.32. The Morgan fingerprint density at radius 2 is 1.73 bits per heavy atom. The van der Waals surface area contributed by atoms with Gasteiger partial charge in [-0.15, -0.1) is 0 Å². The molecule has 0 atom stereocenters. The molecule has 0 amide bonds. The van der Waals surface area contributed by atoms with Crippen LogP contribution in [0.15, 0.2) is 35.5 Å². The highest BCUT2D eigenvalue weighted by Gasteiger charge is 2.17. The zero-order chi connectivity index (χ0) is 16.1. The third kappa shape index (κ3) is 3.06. The lowest BCUT2D eigenvalue weighted by molar-refractivity contribution is 0.950. The van der Waals surface area contributed by atoms with Crippen molar-refractivity contribution in [3.05, 3.63) is 30.3 Å². The number of thioether (sulfide) groups is 1. The molecule has 0 aliphatic heterocycles. The first kappa shape index (κ1) is 16.3. The summed E-state index contributed by atoms with van der Waals surface area (Å²) in [5.74, 6) is 0.881. The summed E-state index contributed by atoms with van der Waals surface area (Å²) >= 11 is 1.52. The summed E-state index contributed by atoms with van der Waals surface area (Å²) < 4.78 is 0. The number of hydrogen-bond acceptors (Lipinski definition) is 5. The summed E-state index contributed by atoms with van der Waals surface area (Å²) in [6, 6.07) is 10.1. The average molecular weight is 315 g/mol.